The van der Waals surface area contributed by atoms with Crippen molar-refractivity contribution in [2.24, 2.45) is 4.99 Å². The highest BCUT2D eigenvalue weighted by Crippen LogP contribution is 2.35. The SMILES string of the molecule is C=CCN1C(=O)/C(=C/c2ccccc2F)SC1=Nc1cccnc1Cl. The Balaban J connectivity index is 2.00. The molecular weight excluding hydrogens is 361 g/mol. The van der Waals surface area contributed by atoms with Crippen molar-refractivity contribution in [2.45, 2.75) is 0 Å². The highest BCUT2D eigenvalue weighted by Gasteiger charge is 2.33. The van der Waals surface area contributed by atoms with E-state index in [1.54, 1.807) is 42.6 Å². The number of pyridine rings is 1. The van der Waals surface area contributed by atoms with Gasteiger partial charge in [0.1, 0.15) is 11.5 Å². The van der Waals surface area contributed by atoms with Crippen LogP contribution in [0.15, 0.2) is 65.1 Å². The maximum Gasteiger partial charge on any atom is 0.267 e. The van der Waals surface area contributed by atoms with Gasteiger partial charge in [0, 0.05) is 18.3 Å². The molecule has 1 aromatic carbocycles. The van der Waals surface area contributed by atoms with Crippen molar-refractivity contribution in [3.05, 3.63) is 76.7 Å². The maximum absolute atomic E-state index is 13.9. The zero-order valence-electron chi connectivity index (χ0n) is 13.0. The molecule has 4 nitrogen and oxygen atoms in total. The van der Waals surface area contributed by atoms with Crippen LogP contribution >= 0.6 is 23.4 Å². The molecule has 0 unspecified atom stereocenters. The quantitative estimate of drug-likeness (QED) is 0.444. The van der Waals surface area contributed by atoms with Crippen LogP contribution in [0.2, 0.25) is 5.15 Å². The molecule has 3 rings (SSSR count). The molecule has 0 spiro atoms. The van der Waals surface area contributed by atoms with E-state index in [0.717, 1.165) is 11.8 Å². The predicted octanol–water partition coefficient (Wildman–Crippen LogP) is 4.66. The molecule has 2 aromatic rings. The van der Waals surface area contributed by atoms with Gasteiger partial charge in [-0.05, 0) is 36.0 Å². The van der Waals surface area contributed by atoms with Crippen molar-refractivity contribution in [2.75, 3.05) is 6.54 Å². The summed E-state index contributed by atoms with van der Waals surface area (Å²) in [6.07, 6.45) is 4.68. The van der Waals surface area contributed by atoms with E-state index < -0.39 is 0 Å². The second-order valence-electron chi connectivity index (χ2n) is 5.04. The molecule has 1 fully saturated rings. The number of aliphatic imine (C=N–C) groups is 1. The number of amides is 1. The minimum Gasteiger partial charge on any atom is -0.283 e. The Morgan fingerprint density at radius 3 is 2.84 bits per heavy atom. The lowest BCUT2D eigenvalue weighted by molar-refractivity contribution is -0.121. The summed E-state index contributed by atoms with van der Waals surface area (Å²) in [5.41, 5.74) is 0.804. The standard InChI is InChI=1S/C18H13ClFN3OS/c1-2-10-23-17(24)15(11-12-6-3-4-7-13(12)20)25-18(23)22-14-8-5-9-21-16(14)19/h2-9,11H,1,10H2/b15-11-,22-18?. The zero-order valence-corrected chi connectivity index (χ0v) is 14.6. The molecule has 0 radical (unpaired) electrons. The van der Waals surface area contributed by atoms with Gasteiger partial charge in [-0.25, -0.2) is 14.4 Å². The monoisotopic (exact) mass is 373 g/mol. The van der Waals surface area contributed by atoms with Crippen molar-refractivity contribution < 1.29 is 9.18 Å². The van der Waals surface area contributed by atoms with Gasteiger partial charge in [0.15, 0.2) is 10.3 Å². The highest BCUT2D eigenvalue weighted by molar-refractivity contribution is 8.18. The van der Waals surface area contributed by atoms with Crippen LogP contribution in [0.1, 0.15) is 5.56 Å². The average Bonchev–Trinajstić information content (AvgIpc) is 2.88. The first kappa shape index (κ1) is 17.4. The Morgan fingerprint density at radius 1 is 1.32 bits per heavy atom. The van der Waals surface area contributed by atoms with Gasteiger partial charge in [0.2, 0.25) is 0 Å². The number of hydrogen-bond donors (Lipinski definition) is 0. The maximum atomic E-state index is 13.9. The van der Waals surface area contributed by atoms with Gasteiger partial charge in [0.05, 0.1) is 4.91 Å². The van der Waals surface area contributed by atoms with E-state index in [1.165, 1.54) is 17.0 Å². The first-order valence-electron chi connectivity index (χ1n) is 7.36. The van der Waals surface area contributed by atoms with E-state index in [1.807, 2.05) is 0 Å². The fraction of sp³-hybridized carbons (Fsp3) is 0.0556. The summed E-state index contributed by atoms with van der Waals surface area (Å²) < 4.78 is 13.9. The Kier molecular flexibility index (Phi) is 5.31. The lowest BCUT2D eigenvalue weighted by atomic mass is 10.2. The summed E-state index contributed by atoms with van der Waals surface area (Å²) in [5, 5.41) is 0.690. The fourth-order valence-electron chi connectivity index (χ4n) is 2.18. The van der Waals surface area contributed by atoms with Gasteiger partial charge in [-0.3, -0.25) is 9.69 Å². The molecule has 7 heteroatoms. The van der Waals surface area contributed by atoms with Crippen LogP contribution in [-0.2, 0) is 4.79 Å². The molecule has 1 amide bonds. The molecule has 0 bridgehead atoms. The second-order valence-corrected chi connectivity index (χ2v) is 6.41. The Labute approximate surface area is 153 Å². The van der Waals surface area contributed by atoms with E-state index in [9.17, 15) is 9.18 Å². The van der Waals surface area contributed by atoms with Crippen molar-refractivity contribution in [1.29, 1.82) is 0 Å². The summed E-state index contributed by atoms with van der Waals surface area (Å²) in [5.74, 6) is -0.647. The van der Waals surface area contributed by atoms with Crippen LogP contribution in [0.4, 0.5) is 10.1 Å². The van der Waals surface area contributed by atoms with Crippen molar-refractivity contribution in [3.63, 3.8) is 0 Å². The number of carbonyl (C=O) groups excluding carboxylic acids is 1. The number of thioether (sulfide) groups is 1. The topological polar surface area (TPSA) is 45.6 Å². The molecule has 126 valence electrons. The molecule has 0 aliphatic carbocycles. The molecular formula is C18H13ClFN3OS. The average molecular weight is 374 g/mol. The van der Waals surface area contributed by atoms with Gasteiger partial charge < -0.3 is 0 Å². The summed E-state index contributed by atoms with van der Waals surface area (Å²) in [6, 6.07) is 9.69. The van der Waals surface area contributed by atoms with Crippen LogP contribution in [0.25, 0.3) is 6.08 Å². The van der Waals surface area contributed by atoms with Gasteiger partial charge >= 0.3 is 0 Å². The van der Waals surface area contributed by atoms with E-state index >= 15 is 0 Å². The number of nitrogens with zero attached hydrogens (tertiary/aromatic N) is 3. The van der Waals surface area contributed by atoms with Gasteiger partial charge in [-0.2, -0.15) is 0 Å². The third-order valence-electron chi connectivity index (χ3n) is 3.35. The van der Waals surface area contributed by atoms with Crippen LogP contribution in [0.3, 0.4) is 0 Å². The summed E-state index contributed by atoms with van der Waals surface area (Å²) >= 11 is 7.20. The zero-order chi connectivity index (χ0) is 17.8. The Hall–Kier alpha value is -2.44. The van der Waals surface area contributed by atoms with Gasteiger partial charge in [0.25, 0.3) is 5.91 Å². The van der Waals surface area contributed by atoms with Crippen LogP contribution < -0.4 is 0 Å². The molecule has 25 heavy (non-hydrogen) atoms. The van der Waals surface area contributed by atoms with E-state index in [0.29, 0.717) is 21.3 Å². The first-order valence-corrected chi connectivity index (χ1v) is 8.55. The molecule has 0 N–H and O–H groups in total. The third-order valence-corrected chi connectivity index (χ3v) is 4.64. The number of rotatable bonds is 4. The molecule has 0 saturated carbocycles. The number of benzene rings is 1. The minimum atomic E-state index is -0.389. The molecule has 1 aromatic heterocycles. The van der Waals surface area contributed by atoms with Crippen molar-refractivity contribution >= 4 is 46.2 Å². The van der Waals surface area contributed by atoms with E-state index in [2.05, 4.69) is 16.6 Å². The molecule has 1 aliphatic heterocycles. The van der Waals surface area contributed by atoms with Gasteiger partial charge in [-0.15, -0.1) is 6.58 Å². The number of hydrogen-bond acceptors (Lipinski definition) is 4. The Morgan fingerprint density at radius 2 is 2.12 bits per heavy atom. The number of amidine groups is 1. The fourth-order valence-corrected chi connectivity index (χ4v) is 3.33. The number of aromatic nitrogens is 1. The second kappa shape index (κ2) is 7.63. The molecule has 1 saturated heterocycles. The van der Waals surface area contributed by atoms with Gasteiger partial charge in [-0.1, -0.05) is 35.9 Å². The lowest BCUT2D eigenvalue weighted by Crippen LogP contribution is -2.29. The summed E-state index contributed by atoms with van der Waals surface area (Å²) in [6.45, 7) is 3.95. The normalized spacial score (nSPS) is 17.5. The minimum absolute atomic E-state index is 0.244. The number of carbonyl (C=O) groups is 1. The largest absolute Gasteiger partial charge is 0.283 e. The van der Waals surface area contributed by atoms with Crippen molar-refractivity contribution in [3.8, 4) is 0 Å². The van der Waals surface area contributed by atoms with Crippen LogP contribution in [-0.4, -0.2) is 27.5 Å². The molecule has 0 atom stereocenters. The van der Waals surface area contributed by atoms with E-state index in [4.69, 9.17) is 11.6 Å². The van der Waals surface area contributed by atoms with E-state index in [-0.39, 0.29) is 23.4 Å². The highest BCUT2D eigenvalue weighted by atomic mass is 35.5. The van der Waals surface area contributed by atoms with Crippen LogP contribution in [0.5, 0.6) is 0 Å². The summed E-state index contributed by atoms with van der Waals surface area (Å²) in [7, 11) is 0. The molecule has 1 aliphatic rings. The summed E-state index contributed by atoms with van der Waals surface area (Å²) in [4.78, 5) is 22.9. The lowest BCUT2D eigenvalue weighted by Gasteiger charge is -2.12. The third kappa shape index (κ3) is 3.81. The predicted molar refractivity (Wildman–Crippen MR) is 100 cm³/mol. The number of halogens is 2. The van der Waals surface area contributed by atoms with Crippen molar-refractivity contribution in [1.82, 2.24) is 9.88 Å². The smallest absolute Gasteiger partial charge is 0.267 e. The first-order chi connectivity index (χ1) is 12.1. The Bertz CT molecular complexity index is 897. The van der Waals surface area contributed by atoms with Crippen LogP contribution in [0, 0.1) is 5.82 Å². The molecule has 2 heterocycles.